The number of para-hydroxylation sites is 1. The van der Waals surface area contributed by atoms with Gasteiger partial charge in [-0.2, -0.15) is 0 Å². The van der Waals surface area contributed by atoms with Gasteiger partial charge in [-0.05, 0) is 37.3 Å². The van der Waals surface area contributed by atoms with Crippen LogP contribution in [0.5, 0.6) is 5.75 Å². The average molecular weight is 409 g/mol. The van der Waals surface area contributed by atoms with E-state index in [2.05, 4.69) is 5.43 Å². The van der Waals surface area contributed by atoms with Crippen LogP contribution in [0.2, 0.25) is 0 Å². The molecule has 1 atom stereocenters. The number of benzene rings is 2. The monoisotopic (exact) mass is 409 g/mol. The summed E-state index contributed by atoms with van der Waals surface area (Å²) >= 11 is 0. The summed E-state index contributed by atoms with van der Waals surface area (Å²) in [4.78, 5) is 39.0. The van der Waals surface area contributed by atoms with Gasteiger partial charge in [0, 0.05) is 31.4 Å². The van der Waals surface area contributed by atoms with Crippen LogP contribution in [0, 0.1) is 0 Å². The van der Waals surface area contributed by atoms with Crippen LogP contribution in [0.1, 0.15) is 12.5 Å². The molecule has 3 rings (SSSR count). The second kappa shape index (κ2) is 8.69. The summed E-state index contributed by atoms with van der Waals surface area (Å²) in [7, 11) is 5.01. The Hall–Kier alpha value is -3.81. The number of carbonyl (C=O) groups excluding carboxylic acids is 3. The lowest BCUT2D eigenvalue weighted by Crippen LogP contribution is -2.35. The number of ether oxygens (including phenoxy) is 2. The van der Waals surface area contributed by atoms with Crippen molar-refractivity contribution in [2.24, 2.45) is 0 Å². The molecule has 1 heterocycles. The Morgan fingerprint density at radius 3 is 2.47 bits per heavy atom. The van der Waals surface area contributed by atoms with Gasteiger partial charge in [0.25, 0.3) is 11.8 Å². The molecule has 0 aliphatic carbocycles. The summed E-state index contributed by atoms with van der Waals surface area (Å²) in [5.74, 6) is -1.18. The van der Waals surface area contributed by atoms with E-state index < -0.39 is 23.9 Å². The zero-order valence-corrected chi connectivity index (χ0v) is 17.2. The number of hydrazine groups is 1. The first-order chi connectivity index (χ1) is 14.3. The third-order valence-corrected chi connectivity index (χ3v) is 4.56. The average Bonchev–Trinajstić information content (AvgIpc) is 3.02. The van der Waals surface area contributed by atoms with E-state index in [-0.39, 0.29) is 5.57 Å². The van der Waals surface area contributed by atoms with Gasteiger partial charge < -0.3 is 14.4 Å². The molecule has 0 aromatic heterocycles. The molecule has 8 nitrogen and oxygen atoms in total. The van der Waals surface area contributed by atoms with E-state index in [1.54, 1.807) is 43.3 Å². The quantitative estimate of drug-likeness (QED) is 0.447. The van der Waals surface area contributed by atoms with Crippen molar-refractivity contribution in [2.75, 3.05) is 31.1 Å². The first-order valence-electron chi connectivity index (χ1n) is 9.30. The van der Waals surface area contributed by atoms with E-state index >= 15 is 0 Å². The summed E-state index contributed by atoms with van der Waals surface area (Å²) in [6, 6.07) is 14.1. The first-order valence-corrected chi connectivity index (χ1v) is 9.30. The van der Waals surface area contributed by atoms with Gasteiger partial charge in [0.2, 0.25) is 0 Å². The third-order valence-electron chi connectivity index (χ3n) is 4.56. The van der Waals surface area contributed by atoms with Gasteiger partial charge in [-0.1, -0.05) is 18.2 Å². The van der Waals surface area contributed by atoms with Gasteiger partial charge in [-0.15, -0.1) is 0 Å². The van der Waals surface area contributed by atoms with Crippen molar-refractivity contribution in [1.82, 2.24) is 5.43 Å². The fourth-order valence-electron chi connectivity index (χ4n) is 2.90. The van der Waals surface area contributed by atoms with Crippen LogP contribution in [-0.2, 0) is 19.1 Å². The molecule has 1 aliphatic heterocycles. The van der Waals surface area contributed by atoms with Crippen LogP contribution in [-0.4, -0.2) is 45.1 Å². The maximum absolute atomic E-state index is 12.8. The standard InChI is InChI=1S/C22H23N3O5/c1-14(22(28)29-4)30-19-13-17(24(2)3)11-10-15(19)12-18-20(26)23-25(21(18)27)16-8-6-5-7-9-16/h5-14H,1-4H3,(H,23,26)/b18-12-/t14-/m0/s1. The Balaban J connectivity index is 1.98. The van der Waals surface area contributed by atoms with Crippen LogP contribution >= 0.6 is 0 Å². The number of esters is 1. The van der Waals surface area contributed by atoms with E-state index in [0.29, 0.717) is 17.0 Å². The molecule has 2 aromatic rings. The molecule has 156 valence electrons. The highest BCUT2D eigenvalue weighted by molar-refractivity contribution is 6.31. The second-order valence-corrected chi connectivity index (χ2v) is 6.87. The number of rotatable bonds is 6. The lowest BCUT2D eigenvalue weighted by atomic mass is 10.1. The molecule has 1 N–H and O–H groups in total. The lowest BCUT2D eigenvalue weighted by Gasteiger charge is -2.18. The van der Waals surface area contributed by atoms with Crippen molar-refractivity contribution in [2.45, 2.75) is 13.0 Å². The predicted octanol–water partition coefficient (Wildman–Crippen LogP) is 2.15. The van der Waals surface area contributed by atoms with Gasteiger partial charge >= 0.3 is 5.97 Å². The highest BCUT2D eigenvalue weighted by Gasteiger charge is 2.34. The molecule has 2 amide bonds. The number of methoxy groups -OCH3 is 1. The molecule has 8 heteroatoms. The minimum atomic E-state index is -0.863. The van der Waals surface area contributed by atoms with Crippen molar-refractivity contribution in [3.63, 3.8) is 0 Å². The number of carbonyl (C=O) groups is 3. The molecule has 0 spiro atoms. The molecule has 0 bridgehead atoms. The number of hydrogen-bond acceptors (Lipinski definition) is 6. The maximum Gasteiger partial charge on any atom is 0.346 e. The Morgan fingerprint density at radius 1 is 1.13 bits per heavy atom. The normalized spacial score (nSPS) is 15.7. The van der Waals surface area contributed by atoms with Crippen molar-refractivity contribution in [1.29, 1.82) is 0 Å². The summed E-state index contributed by atoms with van der Waals surface area (Å²) in [6.45, 7) is 1.57. The fourth-order valence-corrected chi connectivity index (χ4v) is 2.90. The SMILES string of the molecule is COC(=O)[C@H](C)Oc1cc(N(C)C)ccc1/C=C1/C(=O)NN(c2ccccc2)C1=O. The van der Waals surface area contributed by atoms with Gasteiger partial charge in [-0.3, -0.25) is 15.0 Å². The van der Waals surface area contributed by atoms with Gasteiger partial charge in [0.15, 0.2) is 6.10 Å². The molecule has 0 unspecified atom stereocenters. The molecular weight excluding hydrogens is 386 g/mol. The first kappa shape index (κ1) is 20.9. The molecule has 1 aliphatic rings. The fraction of sp³-hybridized carbons (Fsp3) is 0.227. The van der Waals surface area contributed by atoms with Crippen LogP contribution in [0.4, 0.5) is 11.4 Å². The Bertz CT molecular complexity index is 1000. The zero-order valence-electron chi connectivity index (χ0n) is 17.2. The molecule has 0 radical (unpaired) electrons. The molecule has 0 saturated carbocycles. The number of anilines is 2. The molecule has 30 heavy (non-hydrogen) atoms. The number of hydrogen-bond donors (Lipinski definition) is 1. The maximum atomic E-state index is 12.8. The Morgan fingerprint density at radius 2 is 1.83 bits per heavy atom. The Kier molecular flexibility index (Phi) is 6.06. The van der Waals surface area contributed by atoms with E-state index in [1.807, 2.05) is 31.1 Å². The highest BCUT2D eigenvalue weighted by Crippen LogP contribution is 2.30. The topological polar surface area (TPSA) is 88.2 Å². The summed E-state index contributed by atoms with van der Waals surface area (Å²) < 4.78 is 10.5. The van der Waals surface area contributed by atoms with Crippen LogP contribution in [0.25, 0.3) is 6.08 Å². The van der Waals surface area contributed by atoms with Crippen molar-refractivity contribution < 1.29 is 23.9 Å². The molecule has 1 fully saturated rings. The van der Waals surface area contributed by atoms with Crippen molar-refractivity contribution >= 4 is 35.2 Å². The van der Waals surface area contributed by atoms with E-state index in [0.717, 1.165) is 5.69 Å². The van der Waals surface area contributed by atoms with Gasteiger partial charge in [-0.25, -0.2) is 9.80 Å². The minimum absolute atomic E-state index is 0.0352. The number of nitrogens with zero attached hydrogens (tertiary/aromatic N) is 2. The molecule has 1 saturated heterocycles. The lowest BCUT2D eigenvalue weighted by molar-refractivity contribution is -0.147. The number of nitrogens with one attached hydrogen (secondary N) is 1. The van der Waals surface area contributed by atoms with E-state index in [1.165, 1.54) is 18.2 Å². The number of amides is 2. The van der Waals surface area contributed by atoms with Crippen LogP contribution < -0.4 is 20.1 Å². The largest absolute Gasteiger partial charge is 0.478 e. The smallest absolute Gasteiger partial charge is 0.346 e. The predicted molar refractivity (Wildman–Crippen MR) is 113 cm³/mol. The summed E-state index contributed by atoms with van der Waals surface area (Å²) in [5.41, 5.74) is 4.40. The van der Waals surface area contributed by atoms with E-state index in [9.17, 15) is 14.4 Å². The van der Waals surface area contributed by atoms with Gasteiger partial charge in [0.05, 0.1) is 12.8 Å². The molecular formula is C22H23N3O5. The summed E-state index contributed by atoms with van der Waals surface area (Å²) in [5, 5.41) is 1.19. The molecule has 2 aromatic carbocycles. The van der Waals surface area contributed by atoms with Crippen LogP contribution in [0.15, 0.2) is 54.1 Å². The van der Waals surface area contributed by atoms with Crippen LogP contribution in [0.3, 0.4) is 0 Å². The van der Waals surface area contributed by atoms with Gasteiger partial charge in [0.1, 0.15) is 11.3 Å². The zero-order chi connectivity index (χ0) is 21.8. The van der Waals surface area contributed by atoms with E-state index in [4.69, 9.17) is 9.47 Å². The summed E-state index contributed by atoms with van der Waals surface area (Å²) in [6.07, 6.45) is 0.595. The van der Waals surface area contributed by atoms with Crippen molar-refractivity contribution in [3.05, 3.63) is 59.7 Å². The van der Waals surface area contributed by atoms with Crippen molar-refractivity contribution in [3.8, 4) is 5.75 Å². The highest BCUT2D eigenvalue weighted by atomic mass is 16.6. The second-order valence-electron chi connectivity index (χ2n) is 6.87. The third kappa shape index (κ3) is 4.27. The minimum Gasteiger partial charge on any atom is -0.478 e. The Labute approximate surface area is 174 Å².